The van der Waals surface area contributed by atoms with E-state index in [1.807, 2.05) is 20.8 Å². The molecule has 0 rings (SSSR count). The third-order valence-corrected chi connectivity index (χ3v) is 3.33. The van der Waals surface area contributed by atoms with Crippen LogP contribution in [0.15, 0.2) is 0 Å². The summed E-state index contributed by atoms with van der Waals surface area (Å²) in [6.07, 6.45) is 2.89. The summed E-state index contributed by atoms with van der Waals surface area (Å²) in [7, 11) is 0. The molecule has 6 heteroatoms. The van der Waals surface area contributed by atoms with Crippen molar-refractivity contribution in [1.82, 2.24) is 10.6 Å². The van der Waals surface area contributed by atoms with E-state index in [0.717, 1.165) is 13.0 Å². The van der Waals surface area contributed by atoms with Crippen LogP contribution in [0.4, 0.5) is 0 Å². The third kappa shape index (κ3) is 14.1. The van der Waals surface area contributed by atoms with Crippen molar-refractivity contribution in [2.45, 2.75) is 45.1 Å². The van der Waals surface area contributed by atoms with E-state index in [0.29, 0.717) is 25.1 Å². The van der Waals surface area contributed by atoms with Crippen molar-refractivity contribution in [3.63, 3.8) is 0 Å². The number of hydrogen-bond acceptors (Lipinski definition) is 5. The number of amides is 1. The van der Waals surface area contributed by atoms with Gasteiger partial charge in [0, 0.05) is 19.7 Å². The molecule has 0 aliphatic rings. The molecule has 0 aliphatic heterocycles. The summed E-state index contributed by atoms with van der Waals surface area (Å²) in [6, 6.07) is 0. The van der Waals surface area contributed by atoms with Gasteiger partial charge >= 0.3 is 0 Å². The zero-order chi connectivity index (χ0) is 15.4. The molecule has 0 saturated heterocycles. The average Bonchev–Trinajstić information content (AvgIpc) is 2.38. The minimum Gasteiger partial charge on any atom is -0.380 e. The molecule has 1 unspecified atom stereocenters. The summed E-state index contributed by atoms with van der Waals surface area (Å²) >= 11 is 1.78. The number of thioether (sulfide) groups is 1. The average molecular weight is 306 g/mol. The monoisotopic (exact) mass is 306 g/mol. The zero-order valence-corrected chi connectivity index (χ0v) is 14.3. The van der Waals surface area contributed by atoms with Gasteiger partial charge in [-0.2, -0.15) is 0 Å². The van der Waals surface area contributed by atoms with Crippen molar-refractivity contribution >= 4 is 17.7 Å². The lowest BCUT2D eigenvalue weighted by Gasteiger charge is -2.18. The predicted molar refractivity (Wildman–Crippen MR) is 85.1 cm³/mol. The highest BCUT2D eigenvalue weighted by molar-refractivity contribution is 7.99. The van der Waals surface area contributed by atoms with Crippen molar-refractivity contribution in [3.8, 4) is 0 Å². The van der Waals surface area contributed by atoms with Crippen molar-refractivity contribution in [3.05, 3.63) is 0 Å². The van der Waals surface area contributed by atoms with Crippen molar-refractivity contribution in [2.24, 2.45) is 0 Å². The summed E-state index contributed by atoms with van der Waals surface area (Å²) < 4.78 is 10.9. The molecular formula is C14H30N2O3S. The molecule has 0 aliphatic carbocycles. The highest BCUT2D eigenvalue weighted by atomic mass is 32.2. The normalized spacial score (nSPS) is 13.2. The lowest BCUT2D eigenvalue weighted by atomic mass is 10.2. The number of carbonyl (C=O) groups is 1. The van der Waals surface area contributed by atoms with Crippen LogP contribution in [-0.2, 0) is 14.3 Å². The minimum absolute atomic E-state index is 0.0737. The Morgan fingerprint density at radius 3 is 2.55 bits per heavy atom. The largest absolute Gasteiger partial charge is 0.380 e. The first-order chi connectivity index (χ1) is 9.35. The van der Waals surface area contributed by atoms with E-state index in [4.69, 9.17) is 9.47 Å². The first-order valence-electron chi connectivity index (χ1n) is 7.09. The molecule has 120 valence electrons. The molecular weight excluding hydrogens is 276 g/mol. The van der Waals surface area contributed by atoms with E-state index >= 15 is 0 Å². The van der Waals surface area contributed by atoms with Crippen LogP contribution in [0.2, 0.25) is 0 Å². The Bertz CT molecular complexity index is 257. The summed E-state index contributed by atoms with van der Waals surface area (Å²) in [5.74, 6) is -0.0737. The van der Waals surface area contributed by atoms with Gasteiger partial charge in [0.05, 0.1) is 17.6 Å². The summed E-state index contributed by atoms with van der Waals surface area (Å²) in [5.41, 5.74) is -0.276. The molecule has 0 heterocycles. The molecule has 0 bridgehead atoms. The van der Waals surface area contributed by atoms with E-state index < -0.39 is 0 Å². The summed E-state index contributed by atoms with van der Waals surface area (Å²) in [5, 5.41) is 6.59. The fraction of sp³-hybridized carbons (Fsp3) is 0.929. The number of rotatable bonds is 11. The van der Waals surface area contributed by atoms with Crippen molar-refractivity contribution in [2.75, 3.05) is 39.2 Å². The van der Waals surface area contributed by atoms with E-state index in [2.05, 4.69) is 23.8 Å². The topological polar surface area (TPSA) is 59.6 Å². The number of carbonyl (C=O) groups excluding carboxylic acids is 1. The fourth-order valence-corrected chi connectivity index (χ4v) is 1.54. The van der Waals surface area contributed by atoms with Gasteiger partial charge in [-0.3, -0.25) is 4.79 Å². The molecule has 1 atom stereocenters. The second-order valence-electron chi connectivity index (χ2n) is 5.55. The molecule has 0 spiro atoms. The second kappa shape index (κ2) is 11.4. The van der Waals surface area contributed by atoms with Gasteiger partial charge in [0.2, 0.25) is 5.91 Å². The Balaban J connectivity index is 3.29. The van der Waals surface area contributed by atoms with Crippen LogP contribution < -0.4 is 10.6 Å². The third-order valence-electron chi connectivity index (χ3n) is 2.46. The predicted octanol–water partition coefficient (Wildman–Crippen LogP) is 1.62. The van der Waals surface area contributed by atoms with Crippen LogP contribution >= 0.6 is 11.8 Å². The zero-order valence-electron chi connectivity index (χ0n) is 13.5. The van der Waals surface area contributed by atoms with E-state index in [1.165, 1.54) is 0 Å². The van der Waals surface area contributed by atoms with E-state index in [-0.39, 0.29) is 18.1 Å². The Labute approximate surface area is 127 Å². The Morgan fingerprint density at radius 1 is 1.25 bits per heavy atom. The van der Waals surface area contributed by atoms with Gasteiger partial charge in [0.1, 0.15) is 6.61 Å². The van der Waals surface area contributed by atoms with Gasteiger partial charge in [0.15, 0.2) is 0 Å². The van der Waals surface area contributed by atoms with Gasteiger partial charge in [-0.25, -0.2) is 0 Å². The molecule has 0 aromatic heterocycles. The lowest BCUT2D eigenvalue weighted by Crippen LogP contribution is -2.33. The van der Waals surface area contributed by atoms with Gasteiger partial charge in [-0.05, 0) is 40.4 Å². The smallest absolute Gasteiger partial charge is 0.246 e. The van der Waals surface area contributed by atoms with Crippen LogP contribution in [-0.4, -0.2) is 56.0 Å². The lowest BCUT2D eigenvalue weighted by molar-refractivity contribution is -0.130. The van der Waals surface area contributed by atoms with Gasteiger partial charge in [-0.1, -0.05) is 0 Å². The first-order valence-corrected chi connectivity index (χ1v) is 8.38. The van der Waals surface area contributed by atoms with E-state index in [1.54, 1.807) is 11.8 Å². The van der Waals surface area contributed by atoms with Crippen LogP contribution in [0.25, 0.3) is 0 Å². The number of hydrogen-bond donors (Lipinski definition) is 2. The Morgan fingerprint density at radius 2 is 1.95 bits per heavy atom. The highest BCUT2D eigenvalue weighted by Crippen LogP contribution is 2.05. The molecule has 2 N–H and O–H groups in total. The van der Waals surface area contributed by atoms with Crippen molar-refractivity contribution in [1.29, 1.82) is 0 Å². The van der Waals surface area contributed by atoms with Crippen LogP contribution in [0, 0.1) is 0 Å². The molecule has 0 aromatic carbocycles. The van der Waals surface area contributed by atoms with Crippen LogP contribution in [0.5, 0.6) is 0 Å². The van der Waals surface area contributed by atoms with E-state index in [9.17, 15) is 4.79 Å². The molecule has 5 nitrogen and oxygen atoms in total. The number of ether oxygens (including phenoxy) is 2. The number of nitrogens with one attached hydrogen (secondary N) is 2. The van der Waals surface area contributed by atoms with Crippen molar-refractivity contribution < 1.29 is 14.3 Å². The van der Waals surface area contributed by atoms with Gasteiger partial charge in [0.25, 0.3) is 0 Å². The van der Waals surface area contributed by atoms with Crippen LogP contribution in [0.1, 0.15) is 34.1 Å². The maximum Gasteiger partial charge on any atom is 0.246 e. The standard InChI is InChI=1S/C14H30N2O3S/c1-12(20-5)15-8-10-18-9-6-7-16-13(17)11-19-14(2,3)4/h12,15H,6-11H2,1-5H3,(H,16,17). The maximum atomic E-state index is 11.4. The Hall–Kier alpha value is -0.300. The second-order valence-corrected chi connectivity index (χ2v) is 6.73. The summed E-state index contributed by atoms with van der Waals surface area (Å²) in [4.78, 5) is 11.4. The molecule has 0 radical (unpaired) electrons. The minimum atomic E-state index is -0.276. The fourth-order valence-electron chi connectivity index (χ4n) is 1.25. The molecule has 1 amide bonds. The molecule has 0 fully saturated rings. The first kappa shape index (κ1) is 19.7. The van der Waals surface area contributed by atoms with Gasteiger partial charge in [-0.15, -0.1) is 11.8 Å². The SMILES string of the molecule is CSC(C)NCCOCCCNC(=O)COC(C)(C)C. The maximum absolute atomic E-state index is 11.4. The summed E-state index contributed by atoms with van der Waals surface area (Å²) in [6.45, 7) is 10.9. The molecule has 0 aromatic rings. The molecule has 20 heavy (non-hydrogen) atoms. The van der Waals surface area contributed by atoms with Gasteiger partial charge < -0.3 is 20.1 Å². The molecule has 0 saturated carbocycles. The Kier molecular flexibility index (Phi) is 11.2. The highest BCUT2D eigenvalue weighted by Gasteiger charge is 2.12. The quantitative estimate of drug-likeness (QED) is 0.449. The van der Waals surface area contributed by atoms with Crippen LogP contribution in [0.3, 0.4) is 0 Å².